The summed E-state index contributed by atoms with van der Waals surface area (Å²) in [7, 11) is -4.50. The van der Waals surface area contributed by atoms with Gasteiger partial charge >= 0.3 is 13.5 Å². The molecule has 0 radical (unpaired) electrons. The number of aliphatic hydroxyl groups is 2. The molecule has 0 saturated carbocycles. The molecular formula is C9H14N3O8P. The summed E-state index contributed by atoms with van der Waals surface area (Å²) in [6.45, 7) is -0.650. The second-order valence-corrected chi connectivity index (χ2v) is 5.37. The van der Waals surface area contributed by atoms with Gasteiger partial charge in [-0.25, -0.2) is 9.36 Å². The third-order valence-electron chi connectivity index (χ3n) is 2.77. The van der Waals surface area contributed by atoms with Crippen LogP contribution in [-0.2, 0) is 13.8 Å². The van der Waals surface area contributed by atoms with E-state index in [1.54, 1.807) is 0 Å². The van der Waals surface area contributed by atoms with E-state index in [0.717, 1.165) is 16.8 Å². The van der Waals surface area contributed by atoms with E-state index in [4.69, 9.17) is 13.3 Å². The fourth-order valence-electron chi connectivity index (χ4n) is 1.83. The Balaban J connectivity index is 2.25. The van der Waals surface area contributed by atoms with Gasteiger partial charge in [0.15, 0.2) is 9.05 Å². The van der Waals surface area contributed by atoms with Crippen LogP contribution < -0.4 is 11.4 Å². The first-order valence-electron chi connectivity index (χ1n) is 8.13. The molecule has 1 aromatic rings. The highest BCUT2D eigenvalue weighted by Gasteiger charge is 2.44. The zero-order chi connectivity index (χ0) is 20.2. The molecule has 2 rings (SSSR count). The molecule has 0 aromatic carbocycles. The van der Waals surface area contributed by atoms with Crippen LogP contribution in [0.3, 0.4) is 0 Å². The number of anilines is 1. The summed E-state index contributed by atoms with van der Waals surface area (Å²) in [5.74, 6) is -0.271. The average molecular weight is 329 g/mol. The van der Waals surface area contributed by atoms with Gasteiger partial charge in [-0.2, -0.15) is 4.98 Å². The van der Waals surface area contributed by atoms with E-state index in [2.05, 4.69) is 29.5 Å². The first-order chi connectivity index (χ1) is 12.8. The standard InChI is InChI=1S/C9H14N3O8P/c10-5-1-2-12(9(15)11-5)8-7(14)6(13)4(20-8)3-19-21(16,17)18/h1-2,4,6-8,13-14H,3H2,(H2,10,11,15)(H2,16,17,18)/t4-,6-,7-,8-/m1/s1/i13D,14D/hD4. The van der Waals surface area contributed by atoms with Crippen molar-refractivity contribution >= 4 is 13.6 Å². The average Bonchev–Trinajstić information content (AvgIpc) is 3.03. The van der Waals surface area contributed by atoms with Crippen LogP contribution in [0.2, 0.25) is 2.82 Å². The second kappa shape index (κ2) is 5.81. The highest BCUT2D eigenvalue weighted by Crippen LogP contribution is 2.38. The number of rotatable bonds is 9. The van der Waals surface area contributed by atoms with Crippen molar-refractivity contribution < 1.29 is 36.7 Å². The van der Waals surface area contributed by atoms with Gasteiger partial charge in [0.1, 0.15) is 24.1 Å². The van der Waals surface area contributed by atoms with E-state index in [1.165, 1.54) is 0 Å². The zero-order valence-electron chi connectivity index (χ0n) is 16.2. The van der Waals surface area contributed by atoms with E-state index in [1.807, 2.05) is 0 Å². The van der Waals surface area contributed by atoms with Crippen molar-refractivity contribution in [3.05, 3.63) is 22.7 Å². The Kier molecular flexibility index (Phi) is 2.67. The number of hydrogen-bond acceptors (Lipinski definition) is 10. The van der Waals surface area contributed by atoms with Crippen molar-refractivity contribution in [2.45, 2.75) is 24.5 Å². The Hall–Kier alpha value is -1.33. The van der Waals surface area contributed by atoms with Crippen LogP contribution in [-0.4, -0.2) is 60.2 Å². The normalized spacial score (nSPS) is 33.3. The molecule has 0 unspecified atom stereocenters. The molecule has 1 aliphatic heterocycles. The van der Waals surface area contributed by atoms with Gasteiger partial charge < -0.3 is 30.5 Å². The molecule has 1 aliphatic rings. The highest BCUT2D eigenvalue weighted by molar-refractivity contribution is 7.46. The molecule has 1 fully saturated rings. The number of aromatic nitrogens is 2. The number of aliphatic hydroxyl groups excluding tert-OH is 2. The lowest BCUT2D eigenvalue weighted by Gasteiger charge is -2.16. The summed E-state index contributed by atoms with van der Waals surface area (Å²) in [6.07, 6.45) is -4.03. The summed E-state index contributed by atoms with van der Waals surface area (Å²) < 4.78 is 64.2. The van der Waals surface area contributed by atoms with Crippen molar-refractivity contribution in [1.29, 1.82) is 5.72 Å². The molecular weight excluding hydrogens is 309 g/mol. The van der Waals surface area contributed by atoms with Crippen molar-refractivity contribution in [1.82, 2.24) is 9.55 Å². The number of phosphoric ester groups is 1. The van der Waals surface area contributed by atoms with Gasteiger partial charge in [0, 0.05) is 6.20 Å². The molecule has 0 aliphatic carbocycles. The predicted octanol–water partition coefficient (Wildman–Crippen LogP) is -2.45. The lowest BCUT2D eigenvalue weighted by molar-refractivity contribution is -0.0542. The quantitative estimate of drug-likeness (QED) is 0.305. The molecule has 118 valence electrons. The molecule has 0 spiro atoms. The van der Waals surface area contributed by atoms with Crippen LogP contribution in [0.25, 0.3) is 0 Å². The third-order valence-corrected chi connectivity index (χ3v) is 3.24. The maximum absolute atomic E-state index is 12.1. The molecule has 1 saturated heterocycles. The fraction of sp³-hybridized carbons (Fsp3) is 0.556. The molecule has 4 atom stereocenters. The summed E-state index contributed by atoms with van der Waals surface area (Å²) >= 11 is 0. The summed E-state index contributed by atoms with van der Waals surface area (Å²) in [6, 6.07) is 1.15. The van der Waals surface area contributed by atoms with Crippen LogP contribution in [0.15, 0.2) is 17.1 Å². The molecule has 6 N–H and O–H groups in total. The van der Waals surface area contributed by atoms with E-state index in [-0.39, 0.29) is 11.5 Å². The van der Waals surface area contributed by atoms with Gasteiger partial charge in [-0.3, -0.25) is 9.09 Å². The third kappa shape index (κ3) is 3.66. The van der Waals surface area contributed by atoms with Gasteiger partial charge in [-0.05, 0) is 6.07 Å². The minimum absolute atomic E-state index is 0.116. The first kappa shape index (κ1) is 9.64. The number of hydrogen-bond donors (Lipinski definition) is 5. The van der Waals surface area contributed by atoms with E-state index >= 15 is 0 Å². The smallest absolute Gasteiger partial charge is 0.387 e. The second-order valence-electron chi connectivity index (χ2n) is 4.21. The first-order valence-corrected chi connectivity index (χ1v) is 7.07. The van der Waals surface area contributed by atoms with E-state index in [0.29, 0.717) is 0 Å². The molecule has 1 aromatic heterocycles. The molecule has 11 nitrogen and oxygen atoms in total. The molecule has 12 heteroatoms. The van der Waals surface area contributed by atoms with Crippen LogP contribution in [0, 0.1) is 0 Å². The van der Waals surface area contributed by atoms with Gasteiger partial charge in [-0.1, -0.05) is 0 Å². The van der Waals surface area contributed by atoms with Crippen molar-refractivity contribution in [2.75, 3.05) is 12.3 Å². The lowest BCUT2D eigenvalue weighted by atomic mass is 10.1. The highest BCUT2D eigenvalue weighted by atomic mass is 31.2. The zero-order valence-corrected chi connectivity index (χ0v) is 11.1. The van der Waals surface area contributed by atoms with Gasteiger partial charge in [0.25, 0.3) is 0 Å². The monoisotopic (exact) mass is 329 g/mol. The maximum Gasteiger partial charge on any atom is 0.469 e. The van der Waals surface area contributed by atoms with Crippen LogP contribution >= 0.6 is 7.82 Å². The number of nitrogen functional groups attached to an aromatic ring is 1. The lowest BCUT2D eigenvalue weighted by Crippen LogP contribution is -2.36. The Morgan fingerprint density at radius 2 is 2.38 bits per heavy atom. The van der Waals surface area contributed by atoms with Crippen LogP contribution in [0.4, 0.5) is 5.82 Å². The number of ether oxygens (including phenoxy) is 1. The van der Waals surface area contributed by atoms with Gasteiger partial charge in [-0.15, -0.1) is 0 Å². The maximum atomic E-state index is 12.1. The summed E-state index contributed by atoms with van der Waals surface area (Å²) in [5, 5.41) is 8.92. The van der Waals surface area contributed by atoms with Gasteiger partial charge in [0.05, 0.1) is 6.61 Å². The van der Waals surface area contributed by atoms with Crippen molar-refractivity contribution in [2.24, 2.45) is 0 Å². The Bertz CT molecular complexity index is 734. The minimum atomic E-state index is -4.50. The predicted molar refractivity (Wildman–Crippen MR) is 66.8 cm³/mol. The molecule has 21 heavy (non-hydrogen) atoms. The Morgan fingerprint density at radius 1 is 1.57 bits per heavy atom. The Labute approximate surface area is 126 Å². The van der Waals surface area contributed by atoms with Crippen molar-refractivity contribution in [3.63, 3.8) is 0 Å². The number of nitrogens with two attached hydrogens (primary N) is 1. The topological polar surface area (TPSA) is 177 Å². The molecule has 0 bridgehead atoms. The molecule has 2 heterocycles. The van der Waals surface area contributed by atoms with Crippen LogP contribution in [0.1, 0.15) is 6.23 Å². The summed E-state index contributed by atoms with van der Waals surface area (Å²) in [4.78, 5) is 23.0. The largest absolute Gasteiger partial charge is 0.469 e. The molecule has 0 amide bonds. The van der Waals surface area contributed by atoms with E-state index < -0.39 is 44.7 Å². The van der Waals surface area contributed by atoms with Gasteiger partial charge in [0.2, 0.25) is 5.72 Å². The summed E-state index contributed by atoms with van der Waals surface area (Å²) in [5.41, 5.74) is -0.824. The van der Waals surface area contributed by atoms with E-state index in [9.17, 15) is 9.36 Å². The fourth-order valence-corrected chi connectivity index (χ4v) is 2.16. The number of nitrogens with zero attached hydrogens (tertiary/aromatic N) is 2. The van der Waals surface area contributed by atoms with Crippen LogP contribution in [0.5, 0.6) is 0 Å². The number of phosphoric acid groups is 1. The SMILES string of the molecule is [2H]O[C@@H]1[C@H](O[2H])[C@@H](COP(=O)(O[2H])O[2H])O[C@H]1n1ccc(N([2H])[2H])nc1=O. The minimum Gasteiger partial charge on any atom is -0.387 e. The van der Waals surface area contributed by atoms with Crippen molar-refractivity contribution in [3.8, 4) is 0 Å². The Morgan fingerprint density at radius 3 is 3.00 bits per heavy atom.